The first-order chi connectivity index (χ1) is 11.4. The van der Waals surface area contributed by atoms with Crippen molar-refractivity contribution in [1.29, 1.82) is 0 Å². The lowest BCUT2D eigenvalue weighted by Crippen LogP contribution is -2.51. The van der Waals surface area contributed by atoms with Gasteiger partial charge in [-0.3, -0.25) is 4.79 Å². The van der Waals surface area contributed by atoms with Crippen LogP contribution in [0.25, 0.3) is 6.08 Å². The molecule has 3 rings (SSSR count). The van der Waals surface area contributed by atoms with Gasteiger partial charge in [0.1, 0.15) is 0 Å². The van der Waals surface area contributed by atoms with Gasteiger partial charge in [-0.25, -0.2) is 0 Å². The monoisotopic (exact) mass is 319 g/mol. The van der Waals surface area contributed by atoms with Crippen molar-refractivity contribution in [2.24, 2.45) is 0 Å². The van der Waals surface area contributed by atoms with Gasteiger partial charge in [0.2, 0.25) is 0 Å². The fourth-order valence-electron chi connectivity index (χ4n) is 3.77. The van der Waals surface area contributed by atoms with Crippen LogP contribution in [0.15, 0.2) is 54.6 Å². The lowest BCUT2D eigenvalue weighted by Gasteiger charge is -2.45. The molecule has 24 heavy (non-hydrogen) atoms. The molecule has 0 saturated heterocycles. The number of hydrogen-bond donors (Lipinski definition) is 0. The van der Waals surface area contributed by atoms with Crippen LogP contribution in [0.1, 0.15) is 49.8 Å². The summed E-state index contributed by atoms with van der Waals surface area (Å²) in [5.74, 6) is 0.498. The Bertz CT molecular complexity index is 774. The van der Waals surface area contributed by atoms with E-state index in [1.807, 2.05) is 41.3 Å². The maximum atomic E-state index is 13.0. The Hall–Kier alpha value is -2.35. The van der Waals surface area contributed by atoms with E-state index in [1.54, 1.807) is 6.08 Å². The molecule has 0 aliphatic carbocycles. The Morgan fingerprint density at radius 3 is 2.58 bits per heavy atom. The van der Waals surface area contributed by atoms with Crippen LogP contribution in [0.5, 0.6) is 0 Å². The summed E-state index contributed by atoms with van der Waals surface area (Å²) in [5, 5.41) is 0. The second kappa shape index (κ2) is 6.27. The van der Waals surface area contributed by atoms with Crippen LogP contribution >= 0.6 is 0 Å². The first-order valence-electron chi connectivity index (χ1n) is 8.56. The van der Waals surface area contributed by atoms with Crippen molar-refractivity contribution in [2.75, 3.05) is 4.90 Å². The third-order valence-corrected chi connectivity index (χ3v) is 4.80. The van der Waals surface area contributed by atoms with Crippen LogP contribution < -0.4 is 4.90 Å². The Labute approximate surface area is 144 Å². The molecule has 2 aromatic carbocycles. The zero-order chi connectivity index (χ0) is 17.3. The molecule has 0 aromatic heterocycles. The van der Waals surface area contributed by atoms with Crippen LogP contribution in [-0.4, -0.2) is 11.4 Å². The van der Waals surface area contributed by atoms with Crippen LogP contribution in [0.2, 0.25) is 0 Å². The number of anilines is 1. The fraction of sp³-hybridized carbons (Fsp3) is 0.318. The molecular formula is C22H25NO. The Kier molecular flexibility index (Phi) is 4.31. The summed E-state index contributed by atoms with van der Waals surface area (Å²) >= 11 is 0. The van der Waals surface area contributed by atoms with E-state index in [9.17, 15) is 4.79 Å². The lowest BCUT2D eigenvalue weighted by atomic mass is 9.79. The number of rotatable bonds is 2. The van der Waals surface area contributed by atoms with Gasteiger partial charge in [0.15, 0.2) is 0 Å². The van der Waals surface area contributed by atoms with Crippen molar-refractivity contribution in [2.45, 2.75) is 45.6 Å². The highest BCUT2D eigenvalue weighted by Gasteiger charge is 2.39. The van der Waals surface area contributed by atoms with Crippen molar-refractivity contribution >= 4 is 17.7 Å². The van der Waals surface area contributed by atoms with E-state index < -0.39 is 0 Å². The molecule has 0 N–H and O–H groups in total. The number of aryl methyl sites for hydroxylation is 1. The Balaban J connectivity index is 1.97. The summed E-state index contributed by atoms with van der Waals surface area (Å²) in [4.78, 5) is 14.9. The molecule has 2 aromatic rings. The fourth-order valence-corrected chi connectivity index (χ4v) is 3.77. The van der Waals surface area contributed by atoms with Crippen molar-refractivity contribution in [3.8, 4) is 0 Å². The summed E-state index contributed by atoms with van der Waals surface area (Å²) in [6.07, 6.45) is 4.55. The first-order valence-corrected chi connectivity index (χ1v) is 8.56. The van der Waals surface area contributed by atoms with Gasteiger partial charge in [0.05, 0.1) is 0 Å². The molecule has 0 bridgehead atoms. The van der Waals surface area contributed by atoms with Gasteiger partial charge in [0, 0.05) is 17.3 Å². The molecule has 2 heteroatoms. The minimum absolute atomic E-state index is 0.0425. The van der Waals surface area contributed by atoms with E-state index in [0.717, 1.165) is 17.7 Å². The minimum Gasteiger partial charge on any atom is -0.303 e. The van der Waals surface area contributed by atoms with Crippen LogP contribution in [-0.2, 0) is 4.79 Å². The van der Waals surface area contributed by atoms with Gasteiger partial charge in [-0.2, -0.15) is 0 Å². The van der Waals surface area contributed by atoms with E-state index in [1.165, 1.54) is 11.1 Å². The normalized spacial score (nSPS) is 19.3. The average molecular weight is 319 g/mol. The molecule has 1 aliphatic heterocycles. The van der Waals surface area contributed by atoms with Crippen molar-refractivity contribution in [3.63, 3.8) is 0 Å². The highest BCUT2D eigenvalue weighted by Crippen LogP contribution is 2.43. The third-order valence-electron chi connectivity index (χ3n) is 4.80. The second-order valence-corrected chi connectivity index (χ2v) is 7.40. The molecule has 0 radical (unpaired) electrons. The molecule has 124 valence electrons. The van der Waals surface area contributed by atoms with E-state index in [4.69, 9.17) is 0 Å². The van der Waals surface area contributed by atoms with Crippen molar-refractivity contribution in [3.05, 3.63) is 71.3 Å². The number of amides is 1. The topological polar surface area (TPSA) is 20.3 Å². The molecule has 1 atom stereocenters. The Morgan fingerprint density at radius 2 is 1.88 bits per heavy atom. The number of hydrogen-bond acceptors (Lipinski definition) is 1. The summed E-state index contributed by atoms with van der Waals surface area (Å²) in [6.45, 7) is 8.66. The highest BCUT2D eigenvalue weighted by molar-refractivity contribution is 6.05. The summed E-state index contributed by atoms with van der Waals surface area (Å²) < 4.78 is 0. The lowest BCUT2D eigenvalue weighted by molar-refractivity contribution is -0.115. The highest BCUT2D eigenvalue weighted by atomic mass is 16.2. The van der Waals surface area contributed by atoms with Crippen LogP contribution in [0, 0.1) is 6.92 Å². The van der Waals surface area contributed by atoms with Gasteiger partial charge < -0.3 is 4.90 Å². The SMILES string of the molecule is Cc1ccc2c(c1)[C@H](C)CC(C)(C)N2C(=O)/C=C\c1ccccc1. The van der Waals surface area contributed by atoms with Gasteiger partial charge in [0.25, 0.3) is 5.91 Å². The molecule has 0 spiro atoms. The zero-order valence-corrected chi connectivity index (χ0v) is 14.9. The van der Waals surface area contributed by atoms with E-state index in [0.29, 0.717) is 5.92 Å². The molecule has 1 aliphatic rings. The maximum absolute atomic E-state index is 13.0. The van der Waals surface area contributed by atoms with Crippen molar-refractivity contribution < 1.29 is 4.79 Å². The second-order valence-electron chi connectivity index (χ2n) is 7.40. The van der Waals surface area contributed by atoms with Gasteiger partial charge in [-0.1, -0.05) is 55.0 Å². The summed E-state index contributed by atoms with van der Waals surface area (Å²) in [6, 6.07) is 16.4. The van der Waals surface area contributed by atoms with E-state index in [2.05, 4.69) is 45.9 Å². The molecule has 0 fully saturated rings. The molecular weight excluding hydrogens is 294 g/mol. The maximum Gasteiger partial charge on any atom is 0.251 e. The number of benzene rings is 2. The zero-order valence-electron chi connectivity index (χ0n) is 14.9. The van der Waals surface area contributed by atoms with Gasteiger partial charge in [-0.05, 0) is 56.4 Å². The largest absolute Gasteiger partial charge is 0.303 e. The smallest absolute Gasteiger partial charge is 0.251 e. The number of carbonyl (C=O) groups excluding carboxylic acids is 1. The predicted octanol–water partition coefficient (Wildman–Crippen LogP) is 5.33. The third kappa shape index (κ3) is 3.14. The van der Waals surface area contributed by atoms with E-state index >= 15 is 0 Å². The summed E-state index contributed by atoms with van der Waals surface area (Å²) in [7, 11) is 0. The van der Waals surface area contributed by atoms with Gasteiger partial charge in [-0.15, -0.1) is 0 Å². The van der Waals surface area contributed by atoms with Crippen LogP contribution in [0.3, 0.4) is 0 Å². The van der Waals surface area contributed by atoms with Crippen LogP contribution in [0.4, 0.5) is 5.69 Å². The average Bonchev–Trinajstić information content (AvgIpc) is 2.54. The first kappa shape index (κ1) is 16.5. The number of nitrogens with zero attached hydrogens (tertiary/aromatic N) is 1. The summed E-state index contributed by atoms with van der Waals surface area (Å²) in [5.41, 5.74) is 4.41. The van der Waals surface area contributed by atoms with Crippen molar-refractivity contribution in [1.82, 2.24) is 0 Å². The number of carbonyl (C=O) groups is 1. The standard InChI is InChI=1S/C22H25NO/c1-16-10-12-20-19(14-16)17(2)15-22(3,4)23(20)21(24)13-11-18-8-6-5-7-9-18/h5-14,17H,15H2,1-4H3/b13-11-/t17-/m1/s1. The molecule has 1 amide bonds. The molecule has 0 unspecified atom stereocenters. The predicted molar refractivity (Wildman–Crippen MR) is 101 cm³/mol. The van der Waals surface area contributed by atoms with E-state index in [-0.39, 0.29) is 11.4 Å². The quantitative estimate of drug-likeness (QED) is 0.685. The van der Waals surface area contributed by atoms with Gasteiger partial charge >= 0.3 is 0 Å². The molecule has 1 heterocycles. The minimum atomic E-state index is -0.195. The molecule has 0 saturated carbocycles. The number of fused-ring (bicyclic) bond motifs is 1. The molecule has 2 nitrogen and oxygen atoms in total. The Morgan fingerprint density at radius 1 is 1.17 bits per heavy atom.